The summed E-state index contributed by atoms with van der Waals surface area (Å²) in [6.07, 6.45) is 4.15. The fourth-order valence-electron chi connectivity index (χ4n) is 5.14. The Labute approximate surface area is 149 Å². The van der Waals surface area contributed by atoms with Gasteiger partial charge in [-0.3, -0.25) is 4.79 Å². The second-order valence-electron chi connectivity index (χ2n) is 8.62. The van der Waals surface area contributed by atoms with Crippen LogP contribution >= 0.6 is 0 Å². The number of ether oxygens (including phenoxy) is 1. The van der Waals surface area contributed by atoms with Crippen LogP contribution in [0, 0.1) is 11.3 Å². The maximum Gasteiger partial charge on any atom is 0.263 e. The van der Waals surface area contributed by atoms with Crippen LogP contribution in [0.15, 0.2) is 11.3 Å². The van der Waals surface area contributed by atoms with E-state index in [4.69, 9.17) is 4.74 Å². The quantitative estimate of drug-likeness (QED) is 0.404. The summed E-state index contributed by atoms with van der Waals surface area (Å²) in [6, 6.07) is 0.0360. The minimum Gasteiger partial charge on any atom is -1.00 e. The van der Waals surface area contributed by atoms with Gasteiger partial charge in [0.05, 0.1) is 20.1 Å². The Kier molecular flexibility index (Phi) is 3.74. The van der Waals surface area contributed by atoms with Crippen LogP contribution in [-0.2, 0) is 9.53 Å². The normalized spacial score (nSPS) is 45.5. The number of hydrogen-bond donors (Lipinski definition) is 1. The molecule has 5 heteroatoms. The van der Waals surface area contributed by atoms with Crippen LogP contribution in [0.4, 0.5) is 0 Å². The molecule has 4 nitrogen and oxygen atoms in total. The van der Waals surface area contributed by atoms with Gasteiger partial charge in [-0.15, -0.1) is 0 Å². The number of nitrogens with zero attached hydrogens (tertiary/aromatic N) is 1. The zero-order chi connectivity index (χ0) is 15.0. The first-order valence-electron chi connectivity index (χ1n) is 8.24. The van der Waals surface area contributed by atoms with Crippen molar-refractivity contribution in [2.45, 2.75) is 57.8 Å². The first-order chi connectivity index (χ1) is 9.74. The Morgan fingerprint density at radius 2 is 1.86 bits per heavy atom. The Balaban J connectivity index is 0.00000144. The number of halogens is 1. The van der Waals surface area contributed by atoms with Gasteiger partial charge >= 0.3 is 0 Å². The molecule has 124 valence electrons. The number of aliphatic hydroxyl groups is 1. The smallest absolute Gasteiger partial charge is 0.263 e. The fraction of sp³-hybridized carbons (Fsp3) is 0.824. The number of hydrogen-bond acceptors (Lipinski definition) is 3. The summed E-state index contributed by atoms with van der Waals surface area (Å²) in [5, 5.41) is 11.3. The van der Waals surface area contributed by atoms with Crippen molar-refractivity contribution in [3.63, 3.8) is 0 Å². The number of ketones is 1. The predicted octanol–water partition coefficient (Wildman–Crippen LogP) is -1.02. The number of likely N-dealkylation sites (N-methyl/N-ethyl adjacent to an activating group) is 1. The lowest BCUT2D eigenvalue weighted by atomic mass is 9.68. The molecule has 0 aromatic heterocycles. The third-order valence-electron chi connectivity index (χ3n) is 6.43. The van der Waals surface area contributed by atoms with Gasteiger partial charge in [0.2, 0.25) is 0 Å². The fourth-order valence-corrected chi connectivity index (χ4v) is 5.14. The van der Waals surface area contributed by atoms with E-state index in [9.17, 15) is 9.90 Å². The molecule has 1 N–H and O–H groups in total. The van der Waals surface area contributed by atoms with Crippen LogP contribution in [0.25, 0.3) is 0 Å². The summed E-state index contributed by atoms with van der Waals surface area (Å²) >= 11 is 0. The number of quaternary nitrogens is 1. The van der Waals surface area contributed by atoms with Gasteiger partial charge in [-0.25, -0.2) is 0 Å². The lowest BCUT2D eigenvalue weighted by Crippen LogP contribution is -3.00. The lowest BCUT2D eigenvalue weighted by Gasteiger charge is -2.61. The van der Waals surface area contributed by atoms with Gasteiger partial charge in [-0.2, -0.15) is 0 Å². The molecule has 2 unspecified atom stereocenters. The molecule has 0 amide bonds. The van der Waals surface area contributed by atoms with Crippen molar-refractivity contribution in [3.05, 3.63) is 11.3 Å². The van der Waals surface area contributed by atoms with E-state index in [0.29, 0.717) is 12.8 Å². The van der Waals surface area contributed by atoms with Gasteiger partial charge in [-0.1, -0.05) is 13.8 Å². The zero-order valence-electron chi connectivity index (χ0n) is 13.7. The number of rotatable bonds is 0. The molecule has 0 saturated carbocycles. The number of carbonyl (C=O) groups is 1. The van der Waals surface area contributed by atoms with Crippen molar-refractivity contribution in [3.8, 4) is 0 Å². The second-order valence-corrected chi connectivity index (χ2v) is 8.62. The Morgan fingerprint density at radius 3 is 2.50 bits per heavy atom. The summed E-state index contributed by atoms with van der Waals surface area (Å²) in [5.41, 5.74) is 0.821. The highest BCUT2D eigenvalue weighted by Crippen LogP contribution is 2.53. The van der Waals surface area contributed by atoms with Gasteiger partial charge < -0.3 is 38.3 Å². The predicted molar refractivity (Wildman–Crippen MR) is 78.1 cm³/mol. The molecule has 0 spiro atoms. The van der Waals surface area contributed by atoms with E-state index in [2.05, 4.69) is 20.9 Å². The van der Waals surface area contributed by atoms with Gasteiger partial charge in [0.25, 0.3) is 5.79 Å². The molecule has 1 aliphatic carbocycles. The molecule has 0 aromatic rings. The van der Waals surface area contributed by atoms with Crippen molar-refractivity contribution in [1.29, 1.82) is 0 Å². The lowest BCUT2D eigenvalue weighted by molar-refractivity contribution is -0.963. The standard InChI is InChI=1S/C17H26NO3.HI/c1-16(2)9-13(19)12-8-15-17(20,21-14(12)10-16)11-4-6-18(15,3)7-5-11;/h11,15,20H,4-10H2,1-3H3;1H/q+1;/p-1. The third-order valence-corrected chi connectivity index (χ3v) is 6.43. The zero-order valence-corrected chi connectivity index (χ0v) is 15.9. The average Bonchev–Trinajstić information content (AvgIpc) is 2.35. The molecule has 4 aliphatic heterocycles. The minimum atomic E-state index is -1.04. The first kappa shape index (κ1) is 16.7. The van der Waals surface area contributed by atoms with E-state index >= 15 is 0 Å². The molecule has 4 heterocycles. The Bertz CT molecular complexity index is 548. The summed E-state index contributed by atoms with van der Waals surface area (Å²) in [7, 11) is 2.22. The average molecular weight is 419 g/mol. The van der Waals surface area contributed by atoms with E-state index < -0.39 is 5.79 Å². The van der Waals surface area contributed by atoms with Gasteiger partial charge in [0, 0.05) is 43.6 Å². The molecule has 5 aliphatic rings. The summed E-state index contributed by atoms with van der Waals surface area (Å²) in [4.78, 5) is 12.5. The highest BCUT2D eigenvalue weighted by molar-refractivity contribution is 5.97. The largest absolute Gasteiger partial charge is 1.00 e. The van der Waals surface area contributed by atoms with E-state index in [0.717, 1.165) is 48.2 Å². The summed E-state index contributed by atoms with van der Waals surface area (Å²) in [5.74, 6) is 0.210. The molecule has 3 saturated heterocycles. The monoisotopic (exact) mass is 419 g/mol. The van der Waals surface area contributed by atoms with Crippen molar-refractivity contribution in [1.82, 2.24) is 0 Å². The van der Waals surface area contributed by atoms with Crippen LogP contribution < -0.4 is 24.0 Å². The number of piperidine rings is 3. The van der Waals surface area contributed by atoms with E-state index in [-0.39, 0.29) is 47.1 Å². The van der Waals surface area contributed by atoms with Gasteiger partial charge in [0.15, 0.2) is 11.8 Å². The molecule has 22 heavy (non-hydrogen) atoms. The Morgan fingerprint density at radius 1 is 1.23 bits per heavy atom. The summed E-state index contributed by atoms with van der Waals surface area (Å²) < 4.78 is 7.05. The molecule has 0 aromatic carbocycles. The highest BCUT2D eigenvalue weighted by Gasteiger charge is 2.65. The molecule has 2 bridgehead atoms. The second kappa shape index (κ2) is 4.93. The molecule has 0 radical (unpaired) electrons. The van der Waals surface area contributed by atoms with Crippen molar-refractivity contribution < 1.29 is 43.1 Å². The maximum atomic E-state index is 12.5. The molecule has 3 fully saturated rings. The van der Waals surface area contributed by atoms with Gasteiger partial charge in [0.1, 0.15) is 5.76 Å². The summed E-state index contributed by atoms with van der Waals surface area (Å²) in [6.45, 7) is 6.42. The Hall–Kier alpha value is -0.140. The van der Waals surface area contributed by atoms with E-state index in [1.54, 1.807) is 0 Å². The SMILES string of the molecule is CC1(C)CC(=O)C2=C(C1)OC1(O)C3CC[N+](C)(CC3)C1C2.[I-]. The van der Waals surface area contributed by atoms with Gasteiger partial charge in [-0.05, 0) is 5.41 Å². The van der Waals surface area contributed by atoms with Crippen LogP contribution in [0.3, 0.4) is 0 Å². The van der Waals surface area contributed by atoms with Crippen LogP contribution in [-0.4, -0.2) is 47.3 Å². The highest BCUT2D eigenvalue weighted by atomic mass is 127. The molecular formula is C17H26INO3. The number of Topliss-reactive ketones (excluding diaryl/α,β-unsaturated/α-hetero) is 1. The number of allylic oxidation sites excluding steroid dienone is 1. The maximum absolute atomic E-state index is 12.5. The molecule has 5 rings (SSSR count). The molecular weight excluding hydrogens is 393 g/mol. The van der Waals surface area contributed by atoms with Crippen LogP contribution in [0.5, 0.6) is 0 Å². The van der Waals surface area contributed by atoms with E-state index in [1.165, 1.54) is 0 Å². The van der Waals surface area contributed by atoms with Crippen LogP contribution in [0.1, 0.15) is 46.0 Å². The van der Waals surface area contributed by atoms with Crippen molar-refractivity contribution >= 4 is 5.78 Å². The third kappa shape index (κ3) is 2.18. The van der Waals surface area contributed by atoms with Crippen molar-refractivity contribution in [2.75, 3.05) is 20.1 Å². The van der Waals surface area contributed by atoms with Crippen molar-refractivity contribution in [2.24, 2.45) is 11.3 Å². The molecule has 2 atom stereocenters. The van der Waals surface area contributed by atoms with Crippen LogP contribution in [0.2, 0.25) is 0 Å². The first-order valence-corrected chi connectivity index (χ1v) is 8.24. The number of fused-ring (bicyclic) bond motifs is 2. The topological polar surface area (TPSA) is 46.5 Å². The number of carbonyl (C=O) groups excluding carboxylic acids is 1. The minimum absolute atomic E-state index is 0. The van der Waals surface area contributed by atoms with E-state index in [1.807, 2.05) is 0 Å².